The molecule has 1 aromatic heterocycles. The molecule has 1 N–H and O–H groups in total. The van der Waals surface area contributed by atoms with E-state index in [0.29, 0.717) is 13.2 Å². The van der Waals surface area contributed by atoms with Crippen LogP contribution in [0.1, 0.15) is 17.8 Å². The first-order valence-electron chi connectivity index (χ1n) is 7.77. The van der Waals surface area contributed by atoms with Gasteiger partial charge in [-0.2, -0.15) is 0 Å². The van der Waals surface area contributed by atoms with E-state index in [1.165, 1.54) is 0 Å². The third-order valence-electron chi connectivity index (χ3n) is 3.62. The summed E-state index contributed by atoms with van der Waals surface area (Å²) in [5, 5.41) is 5.72. The molecular formula is C17H20N2O3S. The molecule has 1 aromatic carbocycles. The van der Waals surface area contributed by atoms with E-state index in [-0.39, 0.29) is 18.6 Å². The van der Waals surface area contributed by atoms with Crippen molar-refractivity contribution < 1.29 is 14.3 Å². The van der Waals surface area contributed by atoms with Crippen LogP contribution >= 0.6 is 11.3 Å². The molecule has 0 saturated carbocycles. The summed E-state index contributed by atoms with van der Waals surface area (Å²) in [6.45, 7) is 1.78. The Morgan fingerprint density at radius 1 is 1.39 bits per heavy atom. The van der Waals surface area contributed by atoms with E-state index in [2.05, 4.69) is 10.3 Å². The fraction of sp³-hybridized carbons (Fsp3) is 0.412. The molecule has 2 heterocycles. The van der Waals surface area contributed by atoms with E-state index >= 15 is 0 Å². The van der Waals surface area contributed by atoms with Crippen molar-refractivity contribution in [2.75, 3.05) is 19.8 Å². The number of hydrogen-bond acceptors (Lipinski definition) is 5. The molecule has 0 spiro atoms. The van der Waals surface area contributed by atoms with Crippen molar-refractivity contribution in [2.45, 2.75) is 25.5 Å². The van der Waals surface area contributed by atoms with Gasteiger partial charge in [-0.15, -0.1) is 11.3 Å². The van der Waals surface area contributed by atoms with Crippen molar-refractivity contribution in [1.29, 1.82) is 0 Å². The molecule has 1 fully saturated rings. The van der Waals surface area contributed by atoms with Gasteiger partial charge in [-0.1, -0.05) is 30.3 Å². The van der Waals surface area contributed by atoms with E-state index < -0.39 is 0 Å². The number of amides is 1. The number of thiazole rings is 1. The molecule has 1 aliphatic rings. The van der Waals surface area contributed by atoms with Crippen LogP contribution in [0.3, 0.4) is 0 Å². The van der Waals surface area contributed by atoms with Crippen molar-refractivity contribution in [3.63, 3.8) is 0 Å². The second-order valence-electron chi connectivity index (χ2n) is 5.42. The van der Waals surface area contributed by atoms with Gasteiger partial charge in [0.15, 0.2) is 0 Å². The van der Waals surface area contributed by atoms with Crippen molar-refractivity contribution in [3.05, 3.63) is 40.7 Å². The predicted octanol–water partition coefficient (Wildman–Crippen LogP) is 2.62. The highest BCUT2D eigenvalue weighted by Gasteiger charge is 2.16. The largest absolute Gasteiger partial charge is 0.376 e. The van der Waals surface area contributed by atoms with Crippen LogP contribution in [0.25, 0.3) is 11.3 Å². The maximum absolute atomic E-state index is 11.8. The molecule has 5 nitrogen and oxygen atoms in total. The highest BCUT2D eigenvalue weighted by molar-refractivity contribution is 7.09. The monoisotopic (exact) mass is 332 g/mol. The maximum atomic E-state index is 11.8. The molecule has 1 unspecified atom stereocenters. The fourth-order valence-electron chi connectivity index (χ4n) is 2.42. The summed E-state index contributed by atoms with van der Waals surface area (Å²) < 4.78 is 10.8. The van der Waals surface area contributed by atoms with Crippen LogP contribution < -0.4 is 5.32 Å². The lowest BCUT2D eigenvalue weighted by molar-refractivity contribution is -0.127. The van der Waals surface area contributed by atoms with Crippen molar-refractivity contribution in [2.24, 2.45) is 0 Å². The summed E-state index contributed by atoms with van der Waals surface area (Å²) in [5.41, 5.74) is 2.02. The number of hydrogen-bond donors (Lipinski definition) is 1. The van der Waals surface area contributed by atoms with E-state index in [9.17, 15) is 4.79 Å². The van der Waals surface area contributed by atoms with Crippen LogP contribution in [0.4, 0.5) is 0 Å². The van der Waals surface area contributed by atoms with Crippen molar-refractivity contribution in [3.8, 4) is 11.3 Å². The minimum absolute atomic E-state index is 0.0662. The first-order valence-corrected chi connectivity index (χ1v) is 8.65. The predicted molar refractivity (Wildman–Crippen MR) is 89.2 cm³/mol. The molecule has 1 saturated heterocycles. The van der Waals surface area contributed by atoms with E-state index in [0.717, 1.165) is 35.7 Å². The Morgan fingerprint density at radius 3 is 3.04 bits per heavy atom. The second kappa shape index (κ2) is 8.19. The molecule has 23 heavy (non-hydrogen) atoms. The maximum Gasteiger partial charge on any atom is 0.246 e. The highest BCUT2D eigenvalue weighted by Crippen LogP contribution is 2.21. The SMILES string of the molecule is O=C(COCC1CCCO1)NCc1nc(-c2ccccc2)cs1. The number of aromatic nitrogens is 1. The van der Waals surface area contributed by atoms with Crippen LogP contribution in [0, 0.1) is 0 Å². The summed E-state index contributed by atoms with van der Waals surface area (Å²) in [6.07, 6.45) is 2.24. The number of nitrogens with one attached hydrogen (secondary N) is 1. The van der Waals surface area contributed by atoms with Gasteiger partial charge in [0.2, 0.25) is 5.91 Å². The molecule has 1 aliphatic heterocycles. The van der Waals surface area contributed by atoms with Gasteiger partial charge in [0.05, 0.1) is 24.9 Å². The second-order valence-corrected chi connectivity index (χ2v) is 6.36. The molecular weight excluding hydrogens is 312 g/mol. The molecule has 122 valence electrons. The lowest BCUT2D eigenvalue weighted by Crippen LogP contribution is -2.28. The molecule has 3 rings (SSSR count). The van der Waals surface area contributed by atoms with Crippen LogP contribution in [-0.4, -0.2) is 36.8 Å². The van der Waals surface area contributed by atoms with Gasteiger partial charge < -0.3 is 14.8 Å². The summed E-state index contributed by atoms with van der Waals surface area (Å²) in [7, 11) is 0. The normalized spacial score (nSPS) is 17.3. The minimum atomic E-state index is -0.126. The van der Waals surface area contributed by atoms with Crippen LogP contribution in [0.15, 0.2) is 35.7 Å². The molecule has 2 aromatic rings. The third-order valence-corrected chi connectivity index (χ3v) is 4.47. The zero-order valence-corrected chi connectivity index (χ0v) is 13.7. The molecule has 0 aliphatic carbocycles. The van der Waals surface area contributed by atoms with Gasteiger partial charge in [0, 0.05) is 17.6 Å². The smallest absolute Gasteiger partial charge is 0.246 e. The topological polar surface area (TPSA) is 60.5 Å². The lowest BCUT2D eigenvalue weighted by Gasteiger charge is -2.09. The van der Waals surface area contributed by atoms with Gasteiger partial charge in [0.1, 0.15) is 11.6 Å². The summed E-state index contributed by atoms with van der Waals surface area (Å²) in [4.78, 5) is 16.3. The Balaban J connectivity index is 1.40. The van der Waals surface area contributed by atoms with E-state index in [4.69, 9.17) is 9.47 Å². The zero-order chi connectivity index (χ0) is 15.9. The quantitative estimate of drug-likeness (QED) is 0.847. The molecule has 1 atom stereocenters. The minimum Gasteiger partial charge on any atom is -0.376 e. The van der Waals surface area contributed by atoms with E-state index in [1.807, 2.05) is 35.7 Å². The summed E-state index contributed by atoms with van der Waals surface area (Å²) in [5.74, 6) is -0.126. The van der Waals surface area contributed by atoms with Gasteiger partial charge >= 0.3 is 0 Å². The third kappa shape index (κ3) is 4.86. The van der Waals surface area contributed by atoms with Crippen molar-refractivity contribution in [1.82, 2.24) is 10.3 Å². The highest BCUT2D eigenvalue weighted by atomic mass is 32.1. The number of benzene rings is 1. The Morgan fingerprint density at radius 2 is 2.26 bits per heavy atom. The van der Waals surface area contributed by atoms with Crippen molar-refractivity contribution >= 4 is 17.2 Å². The standard InChI is InChI=1S/C17H20N2O3S/c20-16(11-21-10-14-7-4-8-22-14)18-9-17-19-15(12-23-17)13-5-2-1-3-6-13/h1-3,5-6,12,14H,4,7-11H2,(H,18,20). The first-order chi connectivity index (χ1) is 11.3. The van der Waals surface area contributed by atoms with E-state index in [1.54, 1.807) is 11.3 Å². The lowest BCUT2D eigenvalue weighted by atomic mass is 10.2. The number of nitrogens with zero attached hydrogens (tertiary/aromatic N) is 1. The Kier molecular flexibility index (Phi) is 5.74. The number of carbonyl (C=O) groups is 1. The number of rotatable bonds is 7. The summed E-state index contributed by atoms with van der Waals surface area (Å²) >= 11 is 1.54. The van der Waals surface area contributed by atoms with Crippen LogP contribution in [-0.2, 0) is 20.8 Å². The molecule has 1 amide bonds. The molecule has 0 bridgehead atoms. The first kappa shape index (κ1) is 16.1. The van der Waals surface area contributed by atoms with Gasteiger partial charge in [0.25, 0.3) is 0 Å². The summed E-state index contributed by atoms with van der Waals surface area (Å²) in [6, 6.07) is 10.0. The van der Waals surface area contributed by atoms with Crippen LogP contribution in [0.2, 0.25) is 0 Å². The van der Waals surface area contributed by atoms with Crippen LogP contribution in [0.5, 0.6) is 0 Å². The zero-order valence-electron chi connectivity index (χ0n) is 12.9. The number of carbonyl (C=O) groups excluding carboxylic acids is 1. The Bertz CT molecular complexity index is 624. The van der Waals surface area contributed by atoms with Gasteiger partial charge in [-0.05, 0) is 12.8 Å². The average Bonchev–Trinajstić information content (AvgIpc) is 3.25. The number of ether oxygens (including phenoxy) is 2. The van der Waals surface area contributed by atoms with Gasteiger partial charge in [-0.25, -0.2) is 4.98 Å². The molecule has 0 radical (unpaired) electrons. The fourth-order valence-corrected chi connectivity index (χ4v) is 3.16. The average molecular weight is 332 g/mol. The van der Waals surface area contributed by atoms with Gasteiger partial charge in [-0.3, -0.25) is 4.79 Å². The Labute approximate surface area is 139 Å². The molecule has 6 heteroatoms. The Hall–Kier alpha value is -1.76.